The molecule has 0 aliphatic rings. The van der Waals surface area contributed by atoms with Crippen LogP contribution in [-0.4, -0.2) is 28.5 Å². The van der Waals surface area contributed by atoms with Gasteiger partial charge in [-0.25, -0.2) is 4.98 Å². The first kappa shape index (κ1) is 12.8. The van der Waals surface area contributed by atoms with Gasteiger partial charge in [0.25, 0.3) is 5.91 Å². The summed E-state index contributed by atoms with van der Waals surface area (Å²) in [4.78, 5) is 28.2. The zero-order valence-corrected chi connectivity index (χ0v) is 10.2. The molecule has 2 aromatic rings. The van der Waals surface area contributed by atoms with Crippen LogP contribution in [0.3, 0.4) is 0 Å². The molecule has 1 aromatic heterocycles. The second-order valence-electron chi connectivity index (χ2n) is 3.89. The number of aryl methyl sites for hydroxylation is 1. The fraction of sp³-hybridized carbons (Fsp3) is 0.154. The number of rotatable bonds is 4. The number of carboxylic acids is 1. The number of anilines is 1. The Morgan fingerprint density at radius 3 is 2.53 bits per heavy atom. The van der Waals surface area contributed by atoms with Crippen molar-refractivity contribution in [2.75, 3.05) is 11.4 Å². The molecule has 1 amide bonds. The highest BCUT2D eigenvalue weighted by Gasteiger charge is 2.24. The summed E-state index contributed by atoms with van der Waals surface area (Å²) >= 11 is 0. The van der Waals surface area contributed by atoms with Crippen LogP contribution >= 0.6 is 0 Å². The van der Waals surface area contributed by atoms with Gasteiger partial charge >= 0.3 is 5.97 Å². The number of hydrogen-bond acceptors (Lipinski definition) is 4. The van der Waals surface area contributed by atoms with Gasteiger partial charge in [0.05, 0.1) is 5.69 Å². The van der Waals surface area contributed by atoms with Gasteiger partial charge in [-0.05, 0) is 19.1 Å². The van der Waals surface area contributed by atoms with E-state index in [1.807, 2.05) is 0 Å². The molecule has 0 aliphatic heterocycles. The van der Waals surface area contributed by atoms with E-state index in [1.165, 1.54) is 0 Å². The summed E-state index contributed by atoms with van der Waals surface area (Å²) in [6.45, 7) is 1.18. The van der Waals surface area contributed by atoms with Crippen LogP contribution in [0.5, 0.6) is 0 Å². The highest BCUT2D eigenvalue weighted by molar-refractivity contribution is 6.07. The number of oxazole rings is 1. The Labute approximate surface area is 109 Å². The second-order valence-corrected chi connectivity index (χ2v) is 3.89. The molecule has 0 bridgehead atoms. The molecule has 2 rings (SSSR count). The van der Waals surface area contributed by atoms with E-state index in [0.29, 0.717) is 11.4 Å². The Bertz CT molecular complexity index is 592. The van der Waals surface area contributed by atoms with Gasteiger partial charge in [0, 0.05) is 5.69 Å². The molecule has 1 N–H and O–H groups in total. The average Bonchev–Trinajstić information content (AvgIpc) is 2.82. The number of benzene rings is 1. The molecule has 1 aromatic carbocycles. The molecule has 0 fully saturated rings. The lowest BCUT2D eigenvalue weighted by molar-refractivity contribution is -0.135. The summed E-state index contributed by atoms with van der Waals surface area (Å²) in [5.74, 6) is -1.58. The van der Waals surface area contributed by atoms with Gasteiger partial charge in [0.1, 0.15) is 6.54 Å². The van der Waals surface area contributed by atoms with Crippen molar-refractivity contribution in [3.63, 3.8) is 0 Å². The molecule has 0 unspecified atom stereocenters. The quantitative estimate of drug-likeness (QED) is 0.904. The number of aliphatic carboxylic acids is 1. The van der Waals surface area contributed by atoms with Gasteiger partial charge in [-0.15, -0.1) is 0 Å². The van der Waals surface area contributed by atoms with E-state index in [0.717, 1.165) is 11.3 Å². The molecule has 6 nitrogen and oxygen atoms in total. The highest BCUT2D eigenvalue weighted by Crippen LogP contribution is 2.18. The van der Waals surface area contributed by atoms with Crippen molar-refractivity contribution in [2.45, 2.75) is 6.92 Å². The van der Waals surface area contributed by atoms with E-state index in [-0.39, 0.29) is 5.76 Å². The SMILES string of the molecule is Cc1ncoc1C(=O)N(CC(=O)O)c1ccccc1. The second kappa shape index (κ2) is 5.34. The van der Waals surface area contributed by atoms with E-state index in [1.54, 1.807) is 37.3 Å². The van der Waals surface area contributed by atoms with Gasteiger partial charge in [-0.3, -0.25) is 14.5 Å². The number of amides is 1. The third kappa shape index (κ3) is 2.79. The van der Waals surface area contributed by atoms with Gasteiger partial charge in [0.2, 0.25) is 5.76 Å². The third-order valence-electron chi connectivity index (χ3n) is 2.55. The van der Waals surface area contributed by atoms with Crippen LogP contribution in [0.1, 0.15) is 16.2 Å². The normalized spacial score (nSPS) is 10.2. The first-order valence-electron chi connectivity index (χ1n) is 5.58. The summed E-state index contributed by atoms with van der Waals surface area (Å²) < 4.78 is 5.01. The van der Waals surface area contributed by atoms with Crippen LogP contribution < -0.4 is 4.90 Å². The molecule has 19 heavy (non-hydrogen) atoms. The first-order chi connectivity index (χ1) is 9.09. The average molecular weight is 260 g/mol. The van der Waals surface area contributed by atoms with Crippen molar-refractivity contribution in [1.82, 2.24) is 4.98 Å². The van der Waals surface area contributed by atoms with Crippen LogP contribution in [-0.2, 0) is 4.79 Å². The van der Waals surface area contributed by atoms with Crippen LogP contribution in [0.15, 0.2) is 41.1 Å². The van der Waals surface area contributed by atoms with Gasteiger partial charge < -0.3 is 9.52 Å². The van der Waals surface area contributed by atoms with Gasteiger partial charge in [-0.2, -0.15) is 0 Å². The minimum absolute atomic E-state index is 0.0464. The van der Waals surface area contributed by atoms with Crippen molar-refractivity contribution in [1.29, 1.82) is 0 Å². The lowest BCUT2D eigenvalue weighted by Crippen LogP contribution is -2.35. The summed E-state index contributed by atoms with van der Waals surface area (Å²) in [7, 11) is 0. The van der Waals surface area contributed by atoms with Gasteiger partial charge in [0.15, 0.2) is 6.39 Å². The molecular weight excluding hydrogens is 248 g/mol. The highest BCUT2D eigenvalue weighted by atomic mass is 16.4. The van der Waals surface area contributed by atoms with E-state index in [2.05, 4.69) is 4.98 Å². The molecule has 6 heteroatoms. The predicted octanol–water partition coefficient (Wildman–Crippen LogP) is 1.71. The number of carbonyl (C=O) groups is 2. The molecule has 0 aliphatic carbocycles. The maximum atomic E-state index is 12.3. The molecule has 0 atom stereocenters. The molecular formula is C13H12N2O4. The van der Waals surface area contributed by atoms with E-state index in [9.17, 15) is 9.59 Å². The van der Waals surface area contributed by atoms with Gasteiger partial charge in [-0.1, -0.05) is 18.2 Å². The summed E-state index contributed by atoms with van der Waals surface area (Å²) in [5, 5.41) is 8.92. The van der Waals surface area contributed by atoms with E-state index in [4.69, 9.17) is 9.52 Å². The standard InChI is InChI=1S/C13H12N2O4/c1-9-12(19-8-14-9)13(18)15(7-11(16)17)10-5-3-2-4-6-10/h2-6,8H,7H2,1H3,(H,16,17). The largest absolute Gasteiger partial charge is 0.480 e. The summed E-state index contributed by atoms with van der Waals surface area (Å²) in [6, 6.07) is 8.56. The Morgan fingerprint density at radius 1 is 1.32 bits per heavy atom. The van der Waals surface area contributed by atoms with Crippen LogP contribution in [0.25, 0.3) is 0 Å². The number of nitrogens with zero attached hydrogens (tertiary/aromatic N) is 2. The van der Waals surface area contributed by atoms with Crippen molar-refractivity contribution < 1.29 is 19.1 Å². The van der Waals surface area contributed by atoms with E-state index >= 15 is 0 Å². The summed E-state index contributed by atoms with van der Waals surface area (Å²) in [6.07, 6.45) is 1.16. The Morgan fingerprint density at radius 2 is 2.00 bits per heavy atom. The lowest BCUT2D eigenvalue weighted by Gasteiger charge is -2.19. The van der Waals surface area contributed by atoms with Crippen molar-refractivity contribution in [3.05, 3.63) is 48.2 Å². The zero-order chi connectivity index (χ0) is 13.8. The number of carboxylic acid groups (broad SMARTS) is 1. The zero-order valence-electron chi connectivity index (χ0n) is 10.2. The topological polar surface area (TPSA) is 83.6 Å². The molecule has 98 valence electrons. The predicted molar refractivity (Wildman–Crippen MR) is 67.0 cm³/mol. The Hall–Kier alpha value is -2.63. The number of hydrogen-bond donors (Lipinski definition) is 1. The Kier molecular flexibility index (Phi) is 3.61. The maximum Gasteiger partial charge on any atom is 0.323 e. The van der Waals surface area contributed by atoms with Crippen molar-refractivity contribution >= 4 is 17.6 Å². The summed E-state index contributed by atoms with van der Waals surface area (Å²) in [5.41, 5.74) is 0.919. The number of para-hydroxylation sites is 1. The lowest BCUT2D eigenvalue weighted by atomic mass is 10.2. The molecule has 0 spiro atoms. The molecule has 0 saturated carbocycles. The molecule has 0 saturated heterocycles. The maximum absolute atomic E-state index is 12.3. The van der Waals surface area contributed by atoms with Crippen molar-refractivity contribution in [2.24, 2.45) is 0 Å². The molecule has 1 heterocycles. The smallest absolute Gasteiger partial charge is 0.323 e. The minimum atomic E-state index is -1.10. The third-order valence-corrected chi connectivity index (χ3v) is 2.55. The van der Waals surface area contributed by atoms with Crippen molar-refractivity contribution in [3.8, 4) is 0 Å². The first-order valence-corrected chi connectivity index (χ1v) is 5.58. The van der Waals surface area contributed by atoms with E-state index < -0.39 is 18.4 Å². The number of aromatic nitrogens is 1. The van der Waals surface area contributed by atoms with Crippen LogP contribution in [0.2, 0.25) is 0 Å². The molecule has 0 radical (unpaired) electrons. The fourth-order valence-corrected chi connectivity index (χ4v) is 1.65. The number of carbonyl (C=O) groups excluding carboxylic acids is 1. The Balaban J connectivity index is 2.36. The minimum Gasteiger partial charge on any atom is -0.480 e. The van der Waals surface area contributed by atoms with Crippen LogP contribution in [0.4, 0.5) is 5.69 Å². The monoisotopic (exact) mass is 260 g/mol. The van der Waals surface area contributed by atoms with Crippen LogP contribution in [0, 0.1) is 6.92 Å². The fourth-order valence-electron chi connectivity index (χ4n) is 1.65.